The Balaban J connectivity index is 1.66. The van der Waals surface area contributed by atoms with E-state index in [0.29, 0.717) is 13.1 Å². The van der Waals surface area contributed by atoms with Crippen LogP contribution in [-0.4, -0.2) is 58.9 Å². The standard InChI is InChI=1S/C16H22N4O4/c1-9-4-5-12(24-9)10-6-19(7-11(10)17)13(21)8-20-14(22)16(2,3)18-15(20)23/h4-5,10-11H,6-8,17H2,1-3H3,(H,18,23)/t10-,11-/m1/s1. The number of nitrogens with zero attached hydrogens (tertiary/aromatic N) is 2. The van der Waals surface area contributed by atoms with Crippen LogP contribution in [0.25, 0.3) is 0 Å². The van der Waals surface area contributed by atoms with Gasteiger partial charge in [-0.3, -0.25) is 14.5 Å². The summed E-state index contributed by atoms with van der Waals surface area (Å²) in [6.45, 7) is 5.59. The van der Waals surface area contributed by atoms with Crippen LogP contribution in [0.5, 0.6) is 0 Å². The van der Waals surface area contributed by atoms with E-state index in [0.717, 1.165) is 16.4 Å². The van der Waals surface area contributed by atoms with Crippen molar-refractivity contribution in [1.29, 1.82) is 0 Å². The van der Waals surface area contributed by atoms with E-state index in [1.54, 1.807) is 18.7 Å². The predicted molar refractivity (Wildman–Crippen MR) is 85.1 cm³/mol. The van der Waals surface area contributed by atoms with Crippen molar-refractivity contribution >= 4 is 17.8 Å². The smallest absolute Gasteiger partial charge is 0.325 e. The van der Waals surface area contributed by atoms with Crippen molar-refractivity contribution in [1.82, 2.24) is 15.1 Å². The first-order valence-electron chi connectivity index (χ1n) is 7.93. The molecule has 3 heterocycles. The van der Waals surface area contributed by atoms with Crippen LogP contribution in [0.15, 0.2) is 16.5 Å². The first-order chi connectivity index (χ1) is 11.2. The average Bonchev–Trinajstić information content (AvgIpc) is 3.13. The molecule has 4 amide bonds. The maximum Gasteiger partial charge on any atom is 0.325 e. The molecule has 0 bridgehead atoms. The van der Waals surface area contributed by atoms with Crippen molar-refractivity contribution in [2.45, 2.75) is 38.3 Å². The second-order valence-corrected chi connectivity index (χ2v) is 6.96. The van der Waals surface area contributed by atoms with E-state index >= 15 is 0 Å². The number of aryl methyl sites for hydroxylation is 1. The van der Waals surface area contributed by atoms with Gasteiger partial charge in [-0.25, -0.2) is 4.79 Å². The number of carbonyl (C=O) groups is 3. The highest BCUT2D eigenvalue weighted by atomic mass is 16.3. The third kappa shape index (κ3) is 2.77. The van der Waals surface area contributed by atoms with Crippen LogP contribution in [0.3, 0.4) is 0 Å². The van der Waals surface area contributed by atoms with Crippen molar-refractivity contribution in [2.24, 2.45) is 5.73 Å². The molecule has 1 aromatic heterocycles. The maximum atomic E-state index is 12.5. The zero-order chi connectivity index (χ0) is 17.6. The van der Waals surface area contributed by atoms with Gasteiger partial charge in [-0.1, -0.05) is 0 Å². The normalized spacial score (nSPS) is 26.2. The predicted octanol–water partition coefficient (Wildman–Crippen LogP) is 0.172. The number of furan rings is 1. The molecular formula is C16H22N4O4. The minimum Gasteiger partial charge on any atom is -0.466 e. The number of urea groups is 1. The third-order valence-electron chi connectivity index (χ3n) is 4.58. The molecule has 2 atom stereocenters. The van der Waals surface area contributed by atoms with Gasteiger partial charge in [-0.05, 0) is 32.9 Å². The van der Waals surface area contributed by atoms with E-state index in [9.17, 15) is 14.4 Å². The Hall–Kier alpha value is -2.35. The summed E-state index contributed by atoms with van der Waals surface area (Å²) in [5, 5.41) is 2.56. The zero-order valence-electron chi connectivity index (χ0n) is 14.0. The number of carbonyl (C=O) groups excluding carboxylic acids is 3. The number of nitrogens with one attached hydrogen (secondary N) is 1. The van der Waals surface area contributed by atoms with Crippen LogP contribution in [0.1, 0.15) is 31.3 Å². The molecule has 0 aromatic carbocycles. The summed E-state index contributed by atoms with van der Waals surface area (Å²) < 4.78 is 5.61. The number of amides is 4. The lowest BCUT2D eigenvalue weighted by atomic mass is 10.0. The topological polar surface area (TPSA) is 109 Å². The van der Waals surface area contributed by atoms with E-state index in [2.05, 4.69) is 5.32 Å². The molecule has 1 aromatic rings. The van der Waals surface area contributed by atoms with Gasteiger partial charge < -0.3 is 20.4 Å². The Morgan fingerprint density at radius 3 is 2.62 bits per heavy atom. The molecule has 0 spiro atoms. The van der Waals surface area contributed by atoms with E-state index in [1.165, 1.54) is 0 Å². The molecule has 0 aliphatic carbocycles. The Labute approximate surface area is 139 Å². The number of hydrogen-bond acceptors (Lipinski definition) is 5. The minimum absolute atomic E-state index is 0.0813. The fourth-order valence-corrected chi connectivity index (χ4v) is 3.18. The molecule has 2 aliphatic rings. The molecule has 0 saturated carbocycles. The van der Waals surface area contributed by atoms with Crippen molar-refractivity contribution in [3.63, 3.8) is 0 Å². The molecule has 0 unspecified atom stereocenters. The number of likely N-dealkylation sites (tertiary alicyclic amines) is 1. The third-order valence-corrected chi connectivity index (χ3v) is 4.58. The van der Waals surface area contributed by atoms with Crippen LogP contribution >= 0.6 is 0 Å². The summed E-state index contributed by atoms with van der Waals surface area (Å²) in [5.41, 5.74) is 5.16. The van der Waals surface area contributed by atoms with Crippen LogP contribution in [0.4, 0.5) is 4.79 Å². The average molecular weight is 334 g/mol. The summed E-state index contributed by atoms with van der Waals surface area (Å²) in [5.74, 6) is 0.775. The van der Waals surface area contributed by atoms with E-state index in [4.69, 9.17) is 10.2 Å². The largest absolute Gasteiger partial charge is 0.466 e. The zero-order valence-corrected chi connectivity index (χ0v) is 14.0. The Bertz CT molecular complexity index is 696. The van der Waals surface area contributed by atoms with Crippen LogP contribution < -0.4 is 11.1 Å². The highest BCUT2D eigenvalue weighted by Gasteiger charge is 2.46. The van der Waals surface area contributed by atoms with Gasteiger partial charge in [-0.15, -0.1) is 0 Å². The SMILES string of the molecule is Cc1ccc([C@@H]2CN(C(=O)CN3C(=O)NC(C)(C)C3=O)C[C@H]2N)o1. The lowest BCUT2D eigenvalue weighted by molar-refractivity contribution is -0.137. The van der Waals surface area contributed by atoms with Crippen molar-refractivity contribution in [3.05, 3.63) is 23.7 Å². The molecule has 8 nitrogen and oxygen atoms in total. The van der Waals surface area contributed by atoms with Crippen LogP contribution in [-0.2, 0) is 9.59 Å². The molecule has 130 valence electrons. The van der Waals surface area contributed by atoms with Crippen molar-refractivity contribution < 1.29 is 18.8 Å². The molecular weight excluding hydrogens is 312 g/mol. The van der Waals surface area contributed by atoms with Gasteiger partial charge in [0.2, 0.25) is 5.91 Å². The van der Waals surface area contributed by atoms with E-state index < -0.39 is 17.5 Å². The lowest BCUT2D eigenvalue weighted by Crippen LogP contribution is -2.44. The van der Waals surface area contributed by atoms with Gasteiger partial charge in [-0.2, -0.15) is 0 Å². The molecule has 2 saturated heterocycles. The number of nitrogens with two attached hydrogens (primary N) is 1. The maximum absolute atomic E-state index is 12.5. The first kappa shape index (κ1) is 16.5. The highest BCUT2D eigenvalue weighted by Crippen LogP contribution is 2.28. The summed E-state index contributed by atoms with van der Waals surface area (Å²) in [4.78, 5) is 39.1. The summed E-state index contributed by atoms with van der Waals surface area (Å²) in [6, 6.07) is 2.95. The van der Waals surface area contributed by atoms with Gasteiger partial charge in [0, 0.05) is 19.1 Å². The van der Waals surface area contributed by atoms with E-state index in [-0.39, 0.29) is 24.4 Å². The van der Waals surface area contributed by atoms with Gasteiger partial charge in [0.05, 0.1) is 5.92 Å². The Kier molecular flexibility index (Phi) is 3.87. The molecule has 3 rings (SSSR count). The lowest BCUT2D eigenvalue weighted by Gasteiger charge is -2.20. The summed E-state index contributed by atoms with van der Waals surface area (Å²) in [7, 11) is 0. The quantitative estimate of drug-likeness (QED) is 0.766. The molecule has 8 heteroatoms. The molecule has 2 fully saturated rings. The number of rotatable bonds is 3. The van der Waals surface area contributed by atoms with Gasteiger partial charge in [0.1, 0.15) is 23.6 Å². The highest BCUT2D eigenvalue weighted by molar-refractivity contribution is 6.08. The first-order valence-corrected chi connectivity index (χ1v) is 7.93. The summed E-state index contributed by atoms with van der Waals surface area (Å²) >= 11 is 0. The van der Waals surface area contributed by atoms with Gasteiger partial charge in [0.15, 0.2) is 0 Å². The summed E-state index contributed by atoms with van der Waals surface area (Å²) in [6.07, 6.45) is 0. The molecule has 2 aliphatic heterocycles. The molecule has 0 radical (unpaired) electrons. The molecule has 3 N–H and O–H groups in total. The Morgan fingerprint density at radius 1 is 1.38 bits per heavy atom. The van der Waals surface area contributed by atoms with Crippen LogP contribution in [0, 0.1) is 6.92 Å². The van der Waals surface area contributed by atoms with Crippen LogP contribution in [0.2, 0.25) is 0 Å². The second kappa shape index (κ2) is 5.62. The van der Waals surface area contributed by atoms with Crippen molar-refractivity contribution in [3.8, 4) is 0 Å². The van der Waals surface area contributed by atoms with E-state index in [1.807, 2.05) is 19.1 Å². The number of hydrogen-bond donors (Lipinski definition) is 2. The fraction of sp³-hybridized carbons (Fsp3) is 0.562. The second-order valence-electron chi connectivity index (χ2n) is 6.96. The van der Waals surface area contributed by atoms with Crippen molar-refractivity contribution in [2.75, 3.05) is 19.6 Å². The van der Waals surface area contributed by atoms with Gasteiger partial charge in [0.25, 0.3) is 5.91 Å². The number of imide groups is 1. The Morgan fingerprint density at radius 2 is 2.08 bits per heavy atom. The van der Waals surface area contributed by atoms with Gasteiger partial charge >= 0.3 is 6.03 Å². The fourth-order valence-electron chi connectivity index (χ4n) is 3.18. The molecule has 24 heavy (non-hydrogen) atoms. The minimum atomic E-state index is -0.979. The monoisotopic (exact) mass is 334 g/mol.